The number of hydrogen-bond donors (Lipinski definition) is 0. The van der Waals surface area contributed by atoms with Gasteiger partial charge in [-0.2, -0.15) is 0 Å². The molecule has 0 saturated carbocycles. The van der Waals surface area contributed by atoms with Gasteiger partial charge in [0.25, 0.3) is 0 Å². The summed E-state index contributed by atoms with van der Waals surface area (Å²) in [5.74, 6) is 0. The van der Waals surface area contributed by atoms with Gasteiger partial charge in [0.05, 0.1) is 5.41 Å². The van der Waals surface area contributed by atoms with Crippen LogP contribution in [0, 0.1) is 0 Å². The van der Waals surface area contributed by atoms with E-state index in [1.54, 1.807) is 0 Å². The first-order valence-corrected chi connectivity index (χ1v) is 8.73. The third-order valence-corrected chi connectivity index (χ3v) is 5.37. The zero-order chi connectivity index (χ0) is 16.7. The van der Waals surface area contributed by atoms with E-state index in [4.69, 9.17) is 0 Å². The zero-order valence-corrected chi connectivity index (χ0v) is 13.9. The molecule has 0 aliphatic heterocycles. The van der Waals surface area contributed by atoms with Crippen LogP contribution in [0.15, 0.2) is 109 Å². The Balaban J connectivity index is 0.00000168. The fourth-order valence-corrected chi connectivity index (χ4v) is 4.40. The van der Waals surface area contributed by atoms with Gasteiger partial charge in [-0.15, -0.1) is 0 Å². The van der Waals surface area contributed by atoms with E-state index >= 15 is 0 Å². The van der Waals surface area contributed by atoms with Crippen LogP contribution in [0.5, 0.6) is 0 Å². The molecule has 0 atom stereocenters. The molecular weight excluding hydrogens is 312 g/mol. The number of hydrogen-bond acceptors (Lipinski definition) is 0. The van der Waals surface area contributed by atoms with Gasteiger partial charge in [0, 0.05) is 0 Å². The van der Waals surface area contributed by atoms with Crippen LogP contribution in [0.1, 0.15) is 29.7 Å². The highest BCUT2D eigenvalue weighted by Crippen LogP contribution is 2.55. The maximum Gasteiger partial charge on any atom is 0.0713 e. The van der Waals surface area contributed by atoms with E-state index in [1.807, 2.05) is 0 Å². The Kier molecular flexibility index (Phi) is 3.97. The first-order valence-electron chi connectivity index (χ1n) is 8.73. The standard InChI is InChI=1S/C25H18.CH4/c1-3-11-19(12-4-1)25(20-13-5-2-6-14-20)23-17-9-7-15-21(23)22-16-8-10-18-24(22)25;/h1-18H;1H4. The second-order valence-electron chi connectivity index (χ2n) is 6.57. The molecule has 0 aromatic heterocycles. The van der Waals surface area contributed by atoms with Crippen LogP contribution in [0.4, 0.5) is 0 Å². The first kappa shape index (κ1) is 16.4. The minimum absolute atomic E-state index is 0. The first-order chi connectivity index (χ1) is 12.4. The zero-order valence-electron chi connectivity index (χ0n) is 13.9. The lowest BCUT2D eigenvalue weighted by molar-refractivity contribution is 0.768. The van der Waals surface area contributed by atoms with Crippen molar-refractivity contribution in [1.82, 2.24) is 0 Å². The van der Waals surface area contributed by atoms with Gasteiger partial charge < -0.3 is 0 Å². The lowest BCUT2D eigenvalue weighted by atomic mass is 9.68. The monoisotopic (exact) mass is 334 g/mol. The van der Waals surface area contributed by atoms with Crippen molar-refractivity contribution in [1.29, 1.82) is 0 Å². The minimum atomic E-state index is -0.254. The second-order valence-corrected chi connectivity index (χ2v) is 6.57. The van der Waals surface area contributed by atoms with Gasteiger partial charge in [0.1, 0.15) is 0 Å². The van der Waals surface area contributed by atoms with Crippen molar-refractivity contribution in [3.05, 3.63) is 131 Å². The Hall–Kier alpha value is -3.12. The molecule has 0 amide bonds. The Morgan fingerprint density at radius 3 is 1.15 bits per heavy atom. The quantitative estimate of drug-likeness (QED) is 0.337. The van der Waals surface area contributed by atoms with Crippen LogP contribution >= 0.6 is 0 Å². The molecule has 0 spiro atoms. The Morgan fingerprint density at radius 1 is 0.385 bits per heavy atom. The second kappa shape index (κ2) is 6.31. The van der Waals surface area contributed by atoms with Crippen LogP contribution in [-0.2, 0) is 5.41 Å². The average Bonchev–Trinajstić information content (AvgIpc) is 3.01. The summed E-state index contributed by atoms with van der Waals surface area (Å²) in [6.45, 7) is 0. The van der Waals surface area contributed by atoms with Crippen LogP contribution in [-0.4, -0.2) is 0 Å². The molecule has 0 heteroatoms. The highest BCUT2D eigenvalue weighted by atomic mass is 14.5. The van der Waals surface area contributed by atoms with Crippen LogP contribution in [0.25, 0.3) is 11.1 Å². The van der Waals surface area contributed by atoms with E-state index in [1.165, 1.54) is 33.4 Å². The van der Waals surface area contributed by atoms with E-state index in [-0.39, 0.29) is 12.8 Å². The highest BCUT2D eigenvalue weighted by Gasteiger charge is 2.45. The van der Waals surface area contributed by atoms with Crippen molar-refractivity contribution in [3.63, 3.8) is 0 Å². The van der Waals surface area contributed by atoms with E-state index in [0.717, 1.165) is 0 Å². The highest BCUT2D eigenvalue weighted by molar-refractivity contribution is 5.86. The number of rotatable bonds is 2. The van der Waals surface area contributed by atoms with Crippen molar-refractivity contribution in [2.45, 2.75) is 12.8 Å². The molecule has 5 rings (SSSR count). The maximum atomic E-state index is 2.29. The minimum Gasteiger partial charge on any atom is -0.0776 e. The maximum absolute atomic E-state index is 2.29. The SMILES string of the molecule is C.c1ccc(C2(c3ccccc3)c3ccccc3-c3ccccc32)cc1. The van der Waals surface area contributed by atoms with Crippen molar-refractivity contribution < 1.29 is 0 Å². The molecule has 0 heterocycles. The molecule has 0 N–H and O–H groups in total. The Bertz CT molecular complexity index is 943. The summed E-state index contributed by atoms with van der Waals surface area (Å²) in [4.78, 5) is 0. The van der Waals surface area contributed by atoms with Crippen LogP contribution in [0.2, 0.25) is 0 Å². The lowest BCUT2D eigenvalue weighted by Crippen LogP contribution is -2.28. The summed E-state index contributed by atoms with van der Waals surface area (Å²) < 4.78 is 0. The van der Waals surface area contributed by atoms with Gasteiger partial charge in [0.2, 0.25) is 0 Å². The molecule has 4 aromatic carbocycles. The normalized spacial score (nSPS) is 13.4. The summed E-state index contributed by atoms with van der Waals surface area (Å²) in [5.41, 5.74) is 7.80. The van der Waals surface area contributed by atoms with Gasteiger partial charge in [-0.3, -0.25) is 0 Å². The number of benzene rings is 4. The molecule has 1 aliphatic rings. The molecule has 126 valence electrons. The molecule has 0 bridgehead atoms. The third-order valence-electron chi connectivity index (χ3n) is 5.37. The van der Waals surface area contributed by atoms with E-state index in [9.17, 15) is 0 Å². The molecule has 0 radical (unpaired) electrons. The Morgan fingerprint density at radius 2 is 0.731 bits per heavy atom. The molecule has 0 unspecified atom stereocenters. The molecule has 0 saturated heterocycles. The summed E-state index contributed by atoms with van der Waals surface area (Å²) in [6.07, 6.45) is 0. The summed E-state index contributed by atoms with van der Waals surface area (Å²) >= 11 is 0. The van der Waals surface area contributed by atoms with E-state index in [0.29, 0.717) is 0 Å². The van der Waals surface area contributed by atoms with Gasteiger partial charge >= 0.3 is 0 Å². The fraction of sp³-hybridized carbons (Fsp3) is 0.0769. The molecule has 1 aliphatic carbocycles. The third kappa shape index (κ3) is 2.09. The topological polar surface area (TPSA) is 0 Å². The summed E-state index contributed by atoms with van der Waals surface area (Å²) in [7, 11) is 0. The van der Waals surface area contributed by atoms with Crippen LogP contribution < -0.4 is 0 Å². The molecular formula is C26H22. The predicted octanol–water partition coefficient (Wildman–Crippen LogP) is 6.69. The van der Waals surface area contributed by atoms with Crippen LogP contribution in [0.3, 0.4) is 0 Å². The van der Waals surface area contributed by atoms with Gasteiger partial charge in [0.15, 0.2) is 0 Å². The summed E-state index contributed by atoms with van der Waals surface area (Å²) in [6, 6.07) is 39.5. The van der Waals surface area contributed by atoms with Crippen molar-refractivity contribution in [3.8, 4) is 11.1 Å². The number of fused-ring (bicyclic) bond motifs is 3. The van der Waals surface area contributed by atoms with Gasteiger partial charge in [-0.05, 0) is 33.4 Å². The lowest BCUT2D eigenvalue weighted by Gasteiger charge is -2.33. The predicted molar refractivity (Wildman–Crippen MR) is 110 cm³/mol. The van der Waals surface area contributed by atoms with Crippen molar-refractivity contribution >= 4 is 0 Å². The molecule has 0 nitrogen and oxygen atoms in total. The summed E-state index contributed by atoms with van der Waals surface area (Å²) in [5, 5.41) is 0. The smallest absolute Gasteiger partial charge is 0.0713 e. The largest absolute Gasteiger partial charge is 0.0776 e. The van der Waals surface area contributed by atoms with Crippen molar-refractivity contribution in [2.24, 2.45) is 0 Å². The van der Waals surface area contributed by atoms with Crippen molar-refractivity contribution in [2.75, 3.05) is 0 Å². The van der Waals surface area contributed by atoms with E-state index < -0.39 is 0 Å². The molecule has 4 aromatic rings. The molecule has 0 fully saturated rings. The van der Waals surface area contributed by atoms with E-state index in [2.05, 4.69) is 109 Å². The molecule has 26 heavy (non-hydrogen) atoms. The Labute approximate surface area is 155 Å². The van der Waals surface area contributed by atoms with Gasteiger partial charge in [-0.1, -0.05) is 117 Å². The average molecular weight is 334 g/mol. The van der Waals surface area contributed by atoms with Gasteiger partial charge in [-0.25, -0.2) is 0 Å². The fourth-order valence-electron chi connectivity index (χ4n) is 4.40.